The van der Waals surface area contributed by atoms with Crippen molar-refractivity contribution >= 4 is 17.2 Å². The Hall–Kier alpha value is -3.32. The molecule has 7 heteroatoms. The summed E-state index contributed by atoms with van der Waals surface area (Å²) in [5.74, 6) is 0.442. The number of hydrogen-bond acceptors (Lipinski definition) is 5. The molecule has 1 N–H and O–H groups in total. The van der Waals surface area contributed by atoms with Crippen molar-refractivity contribution in [2.75, 3.05) is 0 Å². The lowest BCUT2D eigenvalue weighted by atomic mass is 10.2. The van der Waals surface area contributed by atoms with E-state index in [4.69, 9.17) is 0 Å². The number of carbonyl (C=O) groups excluding carboxylic acids is 1. The molecule has 27 heavy (non-hydrogen) atoms. The van der Waals surface area contributed by atoms with Gasteiger partial charge in [-0.3, -0.25) is 9.78 Å². The Morgan fingerprint density at radius 2 is 1.89 bits per heavy atom. The second-order valence-electron chi connectivity index (χ2n) is 5.93. The molecule has 6 nitrogen and oxygen atoms in total. The van der Waals surface area contributed by atoms with Crippen LogP contribution in [-0.2, 0) is 0 Å². The molecule has 0 saturated heterocycles. The Morgan fingerprint density at radius 1 is 1.07 bits per heavy atom. The van der Waals surface area contributed by atoms with Crippen LogP contribution in [0.1, 0.15) is 29.3 Å². The van der Waals surface area contributed by atoms with Crippen LogP contribution < -0.4 is 5.32 Å². The Kier molecular flexibility index (Phi) is 4.76. The number of nitrogens with zero attached hydrogens (tertiary/aromatic N) is 4. The maximum Gasteiger partial charge on any atom is 0.291 e. The molecule has 0 saturated carbocycles. The van der Waals surface area contributed by atoms with Crippen LogP contribution in [0.4, 0.5) is 0 Å². The van der Waals surface area contributed by atoms with Crippen LogP contribution in [0.5, 0.6) is 0 Å². The number of hydrogen-bond donors (Lipinski definition) is 1. The number of carbonyl (C=O) groups is 1. The number of nitrogens with one attached hydrogen (secondary N) is 1. The van der Waals surface area contributed by atoms with Crippen LogP contribution in [0.25, 0.3) is 16.4 Å². The van der Waals surface area contributed by atoms with Gasteiger partial charge >= 0.3 is 0 Å². The van der Waals surface area contributed by atoms with E-state index in [1.54, 1.807) is 22.2 Å². The molecule has 1 unspecified atom stereocenters. The lowest BCUT2D eigenvalue weighted by Crippen LogP contribution is -2.28. The molecule has 0 bridgehead atoms. The summed E-state index contributed by atoms with van der Waals surface area (Å²) in [6, 6.07) is 18.9. The van der Waals surface area contributed by atoms with E-state index < -0.39 is 0 Å². The highest BCUT2D eigenvalue weighted by Gasteiger charge is 2.21. The second kappa shape index (κ2) is 7.51. The molecule has 134 valence electrons. The van der Waals surface area contributed by atoms with E-state index in [0.29, 0.717) is 5.82 Å². The molecule has 0 spiro atoms. The average Bonchev–Trinajstić information content (AvgIpc) is 3.39. The fourth-order valence-corrected chi connectivity index (χ4v) is 3.39. The van der Waals surface area contributed by atoms with Crippen molar-refractivity contribution in [1.29, 1.82) is 0 Å². The molecule has 0 aliphatic carbocycles. The normalized spacial score (nSPS) is 11.9. The number of aromatic nitrogens is 4. The zero-order chi connectivity index (χ0) is 18.6. The molecule has 4 aromatic rings. The average molecular weight is 375 g/mol. The van der Waals surface area contributed by atoms with Crippen molar-refractivity contribution in [1.82, 2.24) is 25.1 Å². The Balaban J connectivity index is 1.66. The summed E-state index contributed by atoms with van der Waals surface area (Å²) >= 11 is 1.56. The van der Waals surface area contributed by atoms with Gasteiger partial charge in [0.05, 0.1) is 22.3 Å². The first kappa shape index (κ1) is 17.1. The standard InChI is InChI=1S/C20H17N5OS/c1-14(16-10-5-6-12-21-16)22-20(26)18-23-19(17-11-7-13-27-17)25(24-18)15-8-3-2-4-9-15/h2-14H,1H3,(H,22,26). The predicted octanol–water partition coefficient (Wildman–Crippen LogP) is 3.88. The molecule has 1 aromatic carbocycles. The van der Waals surface area contributed by atoms with Crippen molar-refractivity contribution in [3.63, 3.8) is 0 Å². The summed E-state index contributed by atoms with van der Waals surface area (Å²) in [7, 11) is 0. The van der Waals surface area contributed by atoms with Crippen molar-refractivity contribution in [3.05, 3.63) is 83.8 Å². The SMILES string of the molecule is CC(NC(=O)c1nc(-c2cccs2)n(-c2ccccc2)n1)c1ccccn1. The lowest BCUT2D eigenvalue weighted by Gasteiger charge is -2.11. The van der Waals surface area contributed by atoms with E-state index in [-0.39, 0.29) is 17.8 Å². The maximum atomic E-state index is 12.7. The molecule has 0 aliphatic rings. The van der Waals surface area contributed by atoms with Gasteiger partial charge in [0.25, 0.3) is 5.91 Å². The molecule has 1 amide bonds. The van der Waals surface area contributed by atoms with E-state index in [1.165, 1.54) is 0 Å². The van der Waals surface area contributed by atoms with E-state index >= 15 is 0 Å². The van der Waals surface area contributed by atoms with Crippen LogP contribution in [0.2, 0.25) is 0 Å². The molecule has 0 fully saturated rings. The molecular weight excluding hydrogens is 358 g/mol. The first-order valence-corrected chi connectivity index (χ1v) is 9.38. The van der Waals surface area contributed by atoms with E-state index in [1.807, 2.05) is 73.0 Å². The minimum absolute atomic E-state index is 0.130. The van der Waals surface area contributed by atoms with Gasteiger partial charge in [-0.2, -0.15) is 0 Å². The summed E-state index contributed by atoms with van der Waals surface area (Å²) in [6.45, 7) is 1.88. The highest BCUT2D eigenvalue weighted by molar-refractivity contribution is 7.13. The number of thiophene rings is 1. The molecule has 4 rings (SSSR count). The van der Waals surface area contributed by atoms with Gasteiger partial charge < -0.3 is 5.32 Å². The number of para-hydroxylation sites is 1. The number of amides is 1. The van der Waals surface area contributed by atoms with Crippen molar-refractivity contribution in [3.8, 4) is 16.4 Å². The number of rotatable bonds is 5. The van der Waals surface area contributed by atoms with Crippen LogP contribution in [0, 0.1) is 0 Å². The van der Waals surface area contributed by atoms with Gasteiger partial charge in [0.15, 0.2) is 5.82 Å². The fourth-order valence-electron chi connectivity index (χ4n) is 2.69. The van der Waals surface area contributed by atoms with Crippen molar-refractivity contribution < 1.29 is 4.79 Å². The Morgan fingerprint density at radius 3 is 2.59 bits per heavy atom. The predicted molar refractivity (Wildman–Crippen MR) is 105 cm³/mol. The highest BCUT2D eigenvalue weighted by Crippen LogP contribution is 2.25. The zero-order valence-electron chi connectivity index (χ0n) is 14.6. The van der Waals surface area contributed by atoms with Crippen LogP contribution in [-0.4, -0.2) is 25.7 Å². The van der Waals surface area contributed by atoms with E-state index in [2.05, 4.69) is 20.4 Å². The van der Waals surface area contributed by atoms with Crippen LogP contribution in [0.15, 0.2) is 72.2 Å². The van der Waals surface area contributed by atoms with Gasteiger partial charge in [-0.05, 0) is 42.6 Å². The van der Waals surface area contributed by atoms with Crippen LogP contribution >= 0.6 is 11.3 Å². The topological polar surface area (TPSA) is 72.7 Å². The number of pyridine rings is 1. The van der Waals surface area contributed by atoms with Gasteiger partial charge in [0.2, 0.25) is 5.82 Å². The van der Waals surface area contributed by atoms with Gasteiger partial charge in [0, 0.05) is 6.20 Å². The second-order valence-corrected chi connectivity index (χ2v) is 6.88. The quantitative estimate of drug-likeness (QED) is 0.574. The summed E-state index contributed by atoms with van der Waals surface area (Å²) < 4.78 is 1.70. The fraction of sp³-hybridized carbons (Fsp3) is 0.100. The smallest absolute Gasteiger partial charge is 0.291 e. The maximum absolute atomic E-state index is 12.7. The number of benzene rings is 1. The van der Waals surface area contributed by atoms with Crippen molar-refractivity contribution in [2.45, 2.75) is 13.0 Å². The molecule has 0 aliphatic heterocycles. The Bertz CT molecular complexity index is 1030. The zero-order valence-corrected chi connectivity index (χ0v) is 15.4. The summed E-state index contributed by atoms with van der Waals surface area (Å²) in [6.07, 6.45) is 1.70. The van der Waals surface area contributed by atoms with Gasteiger partial charge in [-0.15, -0.1) is 16.4 Å². The first-order valence-electron chi connectivity index (χ1n) is 8.50. The lowest BCUT2D eigenvalue weighted by molar-refractivity contribution is 0.0928. The molecule has 3 heterocycles. The third kappa shape index (κ3) is 3.63. The molecule has 0 radical (unpaired) electrons. The summed E-state index contributed by atoms with van der Waals surface area (Å²) in [5.41, 5.74) is 1.64. The molecule has 1 atom stereocenters. The Labute approximate surface area is 160 Å². The summed E-state index contributed by atoms with van der Waals surface area (Å²) in [4.78, 5) is 22.5. The highest BCUT2D eigenvalue weighted by atomic mass is 32.1. The third-order valence-electron chi connectivity index (χ3n) is 4.03. The first-order chi connectivity index (χ1) is 13.2. The van der Waals surface area contributed by atoms with E-state index in [0.717, 1.165) is 16.3 Å². The van der Waals surface area contributed by atoms with Crippen LogP contribution in [0.3, 0.4) is 0 Å². The minimum atomic E-state index is -0.333. The van der Waals surface area contributed by atoms with Gasteiger partial charge in [0.1, 0.15) is 0 Å². The monoisotopic (exact) mass is 375 g/mol. The van der Waals surface area contributed by atoms with Gasteiger partial charge in [-0.1, -0.05) is 30.3 Å². The van der Waals surface area contributed by atoms with Crippen molar-refractivity contribution in [2.24, 2.45) is 0 Å². The minimum Gasteiger partial charge on any atom is -0.341 e. The summed E-state index contributed by atoms with van der Waals surface area (Å²) in [5, 5.41) is 9.35. The largest absolute Gasteiger partial charge is 0.341 e. The third-order valence-corrected chi connectivity index (χ3v) is 4.90. The van der Waals surface area contributed by atoms with E-state index in [9.17, 15) is 4.79 Å². The molecule has 3 aromatic heterocycles. The molecular formula is C20H17N5OS. The van der Waals surface area contributed by atoms with Gasteiger partial charge in [-0.25, -0.2) is 9.67 Å².